The van der Waals surface area contributed by atoms with Gasteiger partial charge in [-0.05, 0) is 31.4 Å². The molecule has 186 valence electrons. The standard InChI is InChI=1S/C24H30BrClN2O6/c1-4-12(3)16(11-29)28-20(21(30)27-15-9-7-6-8-14(15)26)24-10-13(25)19(34-24)17(18(24)22(28)31)23(32)33-5-2/h6-9,12-13,16-20,29H,4-5,10-11H2,1-3H3,(H,27,30)/t12-,13?,16-,17-,18+,19-,20-,24+/m0/s1. The fourth-order valence-corrected chi connectivity index (χ4v) is 6.94. The number of esters is 1. The number of ether oxygens (including phenoxy) is 2. The molecule has 8 atom stereocenters. The van der Waals surface area contributed by atoms with Crippen molar-refractivity contribution in [1.82, 2.24) is 4.90 Å². The lowest BCUT2D eigenvalue weighted by molar-refractivity contribution is -0.155. The van der Waals surface area contributed by atoms with Crippen LogP contribution in [0, 0.1) is 17.8 Å². The van der Waals surface area contributed by atoms with Crippen molar-refractivity contribution in [3.63, 3.8) is 0 Å². The number of fused-ring (bicyclic) bond motifs is 1. The Hall–Kier alpha value is -1.68. The molecule has 2 bridgehead atoms. The van der Waals surface area contributed by atoms with Gasteiger partial charge in [-0.2, -0.15) is 0 Å². The summed E-state index contributed by atoms with van der Waals surface area (Å²) >= 11 is 9.89. The Morgan fingerprint density at radius 2 is 2.09 bits per heavy atom. The summed E-state index contributed by atoms with van der Waals surface area (Å²) in [5.41, 5.74) is -0.810. The quantitative estimate of drug-likeness (QED) is 0.376. The molecule has 2 N–H and O–H groups in total. The number of aliphatic hydroxyl groups is 1. The smallest absolute Gasteiger partial charge is 0.312 e. The zero-order valence-electron chi connectivity index (χ0n) is 19.4. The van der Waals surface area contributed by atoms with Gasteiger partial charge >= 0.3 is 5.97 Å². The lowest BCUT2D eigenvalue weighted by Gasteiger charge is -2.38. The van der Waals surface area contributed by atoms with E-state index in [1.807, 2.05) is 13.8 Å². The molecule has 1 spiro atoms. The van der Waals surface area contributed by atoms with E-state index >= 15 is 0 Å². The van der Waals surface area contributed by atoms with Crippen LogP contribution in [-0.2, 0) is 23.9 Å². The van der Waals surface area contributed by atoms with Gasteiger partial charge in [-0.15, -0.1) is 0 Å². The molecule has 0 aliphatic carbocycles. The van der Waals surface area contributed by atoms with Crippen LogP contribution >= 0.6 is 27.5 Å². The highest BCUT2D eigenvalue weighted by Gasteiger charge is 2.77. The van der Waals surface area contributed by atoms with E-state index in [1.54, 1.807) is 31.2 Å². The summed E-state index contributed by atoms with van der Waals surface area (Å²) in [6, 6.07) is 5.18. The number of nitrogens with one attached hydrogen (secondary N) is 1. The summed E-state index contributed by atoms with van der Waals surface area (Å²) < 4.78 is 11.7. The van der Waals surface area contributed by atoms with Gasteiger partial charge in [0.25, 0.3) is 0 Å². The molecule has 4 rings (SSSR count). The average molecular weight is 558 g/mol. The highest BCUT2D eigenvalue weighted by molar-refractivity contribution is 9.09. The number of aliphatic hydroxyl groups excluding tert-OH is 1. The SMILES string of the molecule is CCOC(=O)[C@@H]1[C@H]2O[C@@]3(CC2Br)[C@H](C(=O)Nc2ccccc2Cl)N([C@@H](CO)[C@@H](C)CC)C(=O)[C@@H]13. The second kappa shape index (κ2) is 9.76. The first-order chi connectivity index (χ1) is 16.2. The molecule has 34 heavy (non-hydrogen) atoms. The van der Waals surface area contributed by atoms with Gasteiger partial charge in [0.05, 0.1) is 47.9 Å². The van der Waals surface area contributed by atoms with Gasteiger partial charge in [-0.3, -0.25) is 14.4 Å². The Labute approximate surface area is 212 Å². The third-order valence-corrected chi connectivity index (χ3v) is 8.69. The molecular formula is C24H30BrClN2O6. The molecule has 3 heterocycles. The Morgan fingerprint density at radius 1 is 1.38 bits per heavy atom. The van der Waals surface area contributed by atoms with Gasteiger partial charge in [0, 0.05) is 4.83 Å². The molecule has 10 heteroatoms. The van der Waals surface area contributed by atoms with Crippen LogP contribution in [-0.4, -0.2) is 69.6 Å². The van der Waals surface area contributed by atoms with E-state index in [9.17, 15) is 19.5 Å². The first-order valence-electron chi connectivity index (χ1n) is 11.7. The van der Waals surface area contributed by atoms with E-state index in [0.29, 0.717) is 23.6 Å². The van der Waals surface area contributed by atoms with Gasteiger partial charge < -0.3 is 24.8 Å². The van der Waals surface area contributed by atoms with Crippen LogP contribution in [0.3, 0.4) is 0 Å². The maximum atomic E-state index is 14.0. The fraction of sp³-hybridized carbons (Fsp3) is 0.625. The minimum absolute atomic E-state index is 0.0854. The first-order valence-corrected chi connectivity index (χ1v) is 13.0. The van der Waals surface area contributed by atoms with Crippen molar-refractivity contribution < 1.29 is 29.0 Å². The summed E-state index contributed by atoms with van der Waals surface area (Å²) in [6.45, 7) is 5.46. The monoisotopic (exact) mass is 556 g/mol. The topological polar surface area (TPSA) is 105 Å². The van der Waals surface area contributed by atoms with Crippen LogP contribution in [0.5, 0.6) is 0 Å². The normalized spacial score (nSPS) is 33.5. The number of hydrogen-bond donors (Lipinski definition) is 2. The number of nitrogens with zero attached hydrogens (tertiary/aromatic N) is 1. The molecule has 2 amide bonds. The molecule has 1 aromatic carbocycles. The van der Waals surface area contributed by atoms with E-state index in [4.69, 9.17) is 21.1 Å². The number of rotatable bonds is 8. The minimum atomic E-state index is -1.22. The molecule has 3 saturated heterocycles. The predicted octanol–water partition coefficient (Wildman–Crippen LogP) is 3.00. The minimum Gasteiger partial charge on any atom is -0.466 e. The zero-order valence-corrected chi connectivity index (χ0v) is 21.7. The van der Waals surface area contributed by atoms with E-state index in [1.165, 1.54) is 4.90 Å². The molecule has 0 radical (unpaired) electrons. The Balaban J connectivity index is 1.80. The maximum Gasteiger partial charge on any atom is 0.312 e. The van der Waals surface area contributed by atoms with Gasteiger partial charge in [0.15, 0.2) is 0 Å². The molecule has 8 nitrogen and oxygen atoms in total. The van der Waals surface area contributed by atoms with Crippen molar-refractivity contribution in [3.05, 3.63) is 29.3 Å². The Bertz CT molecular complexity index is 979. The number of hydrogen-bond acceptors (Lipinski definition) is 6. The first kappa shape index (κ1) is 25.4. The lowest BCUT2D eigenvalue weighted by Crippen LogP contribution is -2.57. The molecular weight excluding hydrogens is 528 g/mol. The zero-order chi connectivity index (χ0) is 24.8. The molecule has 3 fully saturated rings. The molecule has 3 aliphatic rings. The highest BCUT2D eigenvalue weighted by Crippen LogP contribution is 2.60. The Kier molecular flexibility index (Phi) is 7.29. The number of carbonyl (C=O) groups is 3. The van der Waals surface area contributed by atoms with E-state index in [0.717, 1.165) is 0 Å². The van der Waals surface area contributed by atoms with E-state index in [-0.39, 0.29) is 29.9 Å². The maximum absolute atomic E-state index is 14.0. The van der Waals surface area contributed by atoms with Crippen LogP contribution in [0.15, 0.2) is 24.3 Å². The van der Waals surface area contributed by atoms with Crippen molar-refractivity contribution in [2.45, 2.75) is 62.2 Å². The van der Waals surface area contributed by atoms with Gasteiger partial charge in [-0.25, -0.2) is 0 Å². The van der Waals surface area contributed by atoms with Crippen LogP contribution in [0.25, 0.3) is 0 Å². The second-order valence-electron chi connectivity index (χ2n) is 9.27. The van der Waals surface area contributed by atoms with Gasteiger partial charge in [0.2, 0.25) is 11.8 Å². The summed E-state index contributed by atoms with van der Waals surface area (Å²) in [5, 5.41) is 13.5. The summed E-state index contributed by atoms with van der Waals surface area (Å²) in [7, 11) is 0. The lowest BCUT2D eigenvalue weighted by atomic mass is 9.70. The van der Waals surface area contributed by atoms with Crippen molar-refractivity contribution in [3.8, 4) is 0 Å². The number of benzene rings is 1. The number of para-hydroxylation sites is 1. The van der Waals surface area contributed by atoms with Gasteiger partial charge in [0.1, 0.15) is 11.6 Å². The summed E-state index contributed by atoms with van der Waals surface area (Å²) in [5.74, 6) is -3.12. The third-order valence-electron chi connectivity index (χ3n) is 7.51. The number of amides is 2. The van der Waals surface area contributed by atoms with Crippen LogP contribution in [0.1, 0.15) is 33.6 Å². The Morgan fingerprint density at radius 3 is 2.71 bits per heavy atom. The predicted molar refractivity (Wildman–Crippen MR) is 130 cm³/mol. The number of likely N-dealkylation sites (tertiary alicyclic amines) is 1. The molecule has 1 aromatic rings. The van der Waals surface area contributed by atoms with E-state index < -0.39 is 47.5 Å². The second-order valence-corrected chi connectivity index (χ2v) is 10.8. The molecule has 0 saturated carbocycles. The van der Waals surface area contributed by atoms with Crippen molar-refractivity contribution >= 4 is 51.0 Å². The highest BCUT2D eigenvalue weighted by atomic mass is 79.9. The number of carbonyl (C=O) groups excluding carboxylic acids is 3. The van der Waals surface area contributed by atoms with Crippen LogP contribution < -0.4 is 5.32 Å². The number of halogens is 2. The third kappa shape index (κ3) is 3.85. The van der Waals surface area contributed by atoms with Crippen LogP contribution in [0.4, 0.5) is 5.69 Å². The van der Waals surface area contributed by atoms with Gasteiger partial charge in [-0.1, -0.05) is 59.9 Å². The summed E-state index contributed by atoms with van der Waals surface area (Å²) in [6.07, 6.45) is 0.485. The molecule has 0 aromatic heterocycles. The number of alkyl halides is 1. The summed E-state index contributed by atoms with van der Waals surface area (Å²) in [4.78, 5) is 42.0. The van der Waals surface area contributed by atoms with Crippen molar-refractivity contribution in [2.75, 3.05) is 18.5 Å². The average Bonchev–Trinajstić information content (AvgIpc) is 3.39. The van der Waals surface area contributed by atoms with Crippen LogP contribution in [0.2, 0.25) is 5.02 Å². The largest absolute Gasteiger partial charge is 0.466 e. The molecule has 1 unspecified atom stereocenters. The van der Waals surface area contributed by atoms with Crippen molar-refractivity contribution in [1.29, 1.82) is 0 Å². The fourth-order valence-electron chi connectivity index (χ4n) is 5.81. The number of anilines is 1. The molecule has 3 aliphatic heterocycles. The van der Waals surface area contributed by atoms with E-state index in [2.05, 4.69) is 21.2 Å². The van der Waals surface area contributed by atoms with Crippen molar-refractivity contribution in [2.24, 2.45) is 17.8 Å².